The van der Waals surface area contributed by atoms with Gasteiger partial charge >= 0.3 is 0 Å². The van der Waals surface area contributed by atoms with Gasteiger partial charge in [-0.2, -0.15) is 4.91 Å². The molecule has 1 rings (SSSR count). The lowest BCUT2D eigenvalue weighted by Gasteiger charge is -2.26. The van der Waals surface area contributed by atoms with Gasteiger partial charge in [0.25, 0.3) is 0 Å². The van der Waals surface area contributed by atoms with Crippen LogP contribution in [-0.2, 0) is 0 Å². The van der Waals surface area contributed by atoms with Crippen molar-refractivity contribution in [1.82, 2.24) is 0 Å². The first-order chi connectivity index (χ1) is 8.45. The third-order valence-electron chi connectivity index (χ3n) is 3.79. The second-order valence-corrected chi connectivity index (χ2v) is 6.48. The van der Waals surface area contributed by atoms with E-state index in [0.717, 1.165) is 38.5 Å². The molecular formula is C15H24ClNO. The molecule has 2 nitrogen and oxygen atoms in total. The van der Waals surface area contributed by atoms with E-state index in [4.69, 9.17) is 11.6 Å². The molecule has 2 unspecified atom stereocenters. The number of nitrogens with zero attached hydrogens (tertiary/aromatic N) is 1. The molecule has 0 heterocycles. The van der Waals surface area contributed by atoms with Gasteiger partial charge in [0.2, 0.25) is 0 Å². The second kappa shape index (κ2) is 7.08. The summed E-state index contributed by atoms with van der Waals surface area (Å²) >= 11 is 6.48. The van der Waals surface area contributed by atoms with Crippen LogP contribution >= 0.6 is 11.6 Å². The van der Waals surface area contributed by atoms with Gasteiger partial charge in [0.1, 0.15) is 6.04 Å². The molecule has 2 atom stereocenters. The maximum atomic E-state index is 11.0. The Kier molecular flexibility index (Phi) is 6.07. The van der Waals surface area contributed by atoms with E-state index in [2.05, 4.69) is 31.2 Å². The van der Waals surface area contributed by atoms with Crippen LogP contribution in [0.3, 0.4) is 0 Å². The summed E-state index contributed by atoms with van der Waals surface area (Å²) in [5.41, 5.74) is 2.80. The number of rotatable bonds is 1. The van der Waals surface area contributed by atoms with Crippen molar-refractivity contribution in [3.8, 4) is 0 Å². The second-order valence-electron chi connectivity index (χ2n) is 5.62. The fourth-order valence-corrected chi connectivity index (χ4v) is 2.58. The van der Waals surface area contributed by atoms with E-state index >= 15 is 0 Å². The lowest BCUT2D eigenvalue weighted by Crippen LogP contribution is -2.31. The van der Waals surface area contributed by atoms with Crippen LogP contribution in [0.2, 0.25) is 0 Å². The monoisotopic (exact) mass is 269 g/mol. The molecule has 0 spiro atoms. The van der Waals surface area contributed by atoms with Gasteiger partial charge in [0, 0.05) is 0 Å². The summed E-state index contributed by atoms with van der Waals surface area (Å²) in [7, 11) is 0. The van der Waals surface area contributed by atoms with Crippen LogP contribution in [-0.4, -0.2) is 10.9 Å². The summed E-state index contributed by atoms with van der Waals surface area (Å²) in [4.78, 5) is 10.5. The fourth-order valence-electron chi connectivity index (χ4n) is 2.32. The standard InChI is InChI=1S/C15H24ClNO/c1-12-6-4-8-14(17-18)15(3,16)11-5-7-13(2)10-9-12/h6-7,14H,4-5,8-11H2,1-3H3. The molecule has 0 saturated heterocycles. The van der Waals surface area contributed by atoms with Crippen LogP contribution in [0.5, 0.6) is 0 Å². The number of hydrogen-bond donors (Lipinski definition) is 0. The van der Waals surface area contributed by atoms with E-state index < -0.39 is 4.87 Å². The minimum atomic E-state index is -0.514. The average molecular weight is 270 g/mol. The number of allylic oxidation sites excluding steroid dienone is 4. The smallest absolute Gasteiger partial charge is 0.111 e. The van der Waals surface area contributed by atoms with E-state index in [9.17, 15) is 4.91 Å². The summed E-state index contributed by atoms with van der Waals surface area (Å²) in [6, 6.07) is -0.295. The van der Waals surface area contributed by atoms with Crippen LogP contribution < -0.4 is 0 Å². The quantitative estimate of drug-likeness (QED) is 0.358. The topological polar surface area (TPSA) is 29.4 Å². The Morgan fingerprint density at radius 2 is 1.78 bits per heavy atom. The van der Waals surface area contributed by atoms with Crippen LogP contribution in [0.4, 0.5) is 0 Å². The molecule has 18 heavy (non-hydrogen) atoms. The van der Waals surface area contributed by atoms with Crippen LogP contribution in [0.25, 0.3) is 0 Å². The highest BCUT2D eigenvalue weighted by molar-refractivity contribution is 6.24. The van der Waals surface area contributed by atoms with Gasteiger partial charge < -0.3 is 0 Å². The SMILES string of the molecule is CC1=CCCC(N=O)C(C)(Cl)CCC=C(C)CC1. The van der Waals surface area contributed by atoms with Crippen LogP contribution in [0.1, 0.15) is 59.3 Å². The Balaban J connectivity index is 2.81. The van der Waals surface area contributed by atoms with Crippen molar-refractivity contribution in [3.63, 3.8) is 0 Å². The Hall–Kier alpha value is -0.630. The maximum Gasteiger partial charge on any atom is 0.111 e. The van der Waals surface area contributed by atoms with Crippen molar-refractivity contribution in [1.29, 1.82) is 0 Å². The van der Waals surface area contributed by atoms with Gasteiger partial charge in [-0.1, -0.05) is 28.5 Å². The average Bonchev–Trinajstić information content (AvgIpc) is 2.30. The first kappa shape index (κ1) is 15.4. The highest BCUT2D eigenvalue weighted by Crippen LogP contribution is 2.31. The number of alkyl halides is 1. The summed E-state index contributed by atoms with van der Waals surface area (Å²) in [5.74, 6) is 0. The van der Waals surface area contributed by atoms with Gasteiger partial charge in [0.15, 0.2) is 0 Å². The van der Waals surface area contributed by atoms with E-state index in [1.54, 1.807) is 0 Å². The van der Waals surface area contributed by atoms with E-state index in [-0.39, 0.29) is 6.04 Å². The zero-order valence-corrected chi connectivity index (χ0v) is 12.5. The third-order valence-corrected chi connectivity index (χ3v) is 4.24. The van der Waals surface area contributed by atoms with Gasteiger partial charge in [-0.3, -0.25) is 0 Å². The van der Waals surface area contributed by atoms with Gasteiger partial charge in [-0.15, -0.1) is 11.6 Å². The molecule has 0 aromatic carbocycles. The summed E-state index contributed by atoms with van der Waals surface area (Å²) in [5, 5.41) is 3.24. The van der Waals surface area contributed by atoms with E-state index in [1.165, 1.54) is 11.1 Å². The van der Waals surface area contributed by atoms with E-state index in [0.29, 0.717) is 0 Å². The van der Waals surface area contributed by atoms with Crippen molar-refractivity contribution in [3.05, 3.63) is 28.2 Å². The first-order valence-corrected chi connectivity index (χ1v) is 7.16. The largest absolute Gasteiger partial charge is 0.150 e. The molecule has 0 saturated carbocycles. The highest BCUT2D eigenvalue weighted by atomic mass is 35.5. The molecule has 0 bridgehead atoms. The molecule has 0 aromatic heterocycles. The predicted octanol–water partition coefficient (Wildman–Crippen LogP) is 5.37. The molecule has 0 amide bonds. The lowest BCUT2D eigenvalue weighted by molar-refractivity contribution is 0.442. The van der Waals surface area contributed by atoms with Gasteiger partial charge in [0.05, 0.1) is 4.87 Å². The number of nitroso groups, excluding NO2 is 1. The van der Waals surface area contributed by atoms with Crippen molar-refractivity contribution < 1.29 is 0 Å². The van der Waals surface area contributed by atoms with Crippen molar-refractivity contribution in [2.24, 2.45) is 5.18 Å². The minimum Gasteiger partial charge on any atom is -0.150 e. The van der Waals surface area contributed by atoms with E-state index in [1.807, 2.05) is 6.92 Å². The zero-order chi connectivity index (χ0) is 13.6. The highest BCUT2D eigenvalue weighted by Gasteiger charge is 2.32. The van der Waals surface area contributed by atoms with Crippen molar-refractivity contribution in [2.75, 3.05) is 0 Å². The Labute approximate surface area is 115 Å². The summed E-state index contributed by atoms with van der Waals surface area (Å²) in [6.07, 6.45) is 10.1. The fraction of sp³-hybridized carbons (Fsp3) is 0.733. The maximum absolute atomic E-state index is 11.0. The Bertz CT molecular complexity index is 344. The number of hydrogen-bond acceptors (Lipinski definition) is 2. The lowest BCUT2D eigenvalue weighted by atomic mass is 9.91. The van der Waals surface area contributed by atoms with Gasteiger partial charge in [-0.25, -0.2) is 0 Å². The molecule has 0 aliphatic heterocycles. The minimum absolute atomic E-state index is 0.295. The summed E-state index contributed by atoms with van der Waals surface area (Å²) < 4.78 is 0. The molecule has 102 valence electrons. The first-order valence-electron chi connectivity index (χ1n) is 6.78. The predicted molar refractivity (Wildman–Crippen MR) is 79.1 cm³/mol. The molecule has 0 N–H and O–H groups in total. The molecule has 1 aliphatic carbocycles. The molecule has 0 aromatic rings. The van der Waals surface area contributed by atoms with Crippen LogP contribution in [0.15, 0.2) is 28.5 Å². The molecular weight excluding hydrogens is 246 g/mol. The third kappa shape index (κ3) is 4.93. The molecule has 1 aliphatic rings. The Morgan fingerprint density at radius 1 is 1.22 bits per heavy atom. The molecule has 0 fully saturated rings. The molecule has 0 radical (unpaired) electrons. The Morgan fingerprint density at radius 3 is 2.33 bits per heavy atom. The zero-order valence-electron chi connectivity index (χ0n) is 11.7. The number of halogens is 1. The van der Waals surface area contributed by atoms with Crippen molar-refractivity contribution in [2.45, 2.75) is 70.2 Å². The molecule has 3 heteroatoms. The normalized spacial score (nSPS) is 31.7. The summed E-state index contributed by atoms with van der Waals surface area (Å²) in [6.45, 7) is 6.26. The van der Waals surface area contributed by atoms with Crippen molar-refractivity contribution >= 4 is 11.6 Å². The van der Waals surface area contributed by atoms with Gasteiger partial charge in [-0.05, 0) is 59.3 Å². The van der Waals surface area contributed by atoms with Crippen LogP contribution in [0, 0.1) is 4.91 Å².